The van der Waals surface area contributed by atoms with Gasteiger partial charge in [0.1, 0.15) is 0 Å². The summed E-state index contributed by atoms with van der Waals surface area (Å²) in [7, 11) is 0. The van der Waals surface area contributed by atoms with Crippen LogP contribution in [-0.2, 0) is 0 Å². The van der Waals surface area contributed by atoms with Gasteiger partial charge in [0.2, 0.25) is 0 Å². The molecule has 0 bridgehead atoms. The highest BCUT2D eigenvalue weighted by Gasteiger charge is 2.20. The highest BCUT2D eigenvalue weighted by molar-refractivity contribution is 7.22. The Morgan fingerprint density at radius 3 is 2.69 bits per heavy atom. The van der Waals surface area contributed by atoms with E-state index in [-0.39, 0.29) is 5.91 Å². The topological polar surface area (TPSA) is 48.5 Å². The van der Waals surface area contributed by atoms with Gasteiger partial charge in [0, 0.05) is 49.9 Å². The number of aromatic nitrogens is 1. The fraction of sp³-hybridized carbons (Fsp3) is 0.280. The number of aryl methyl sites for hydroxylation is 1. The van der Waals surface area contributed by atoms with Gasteiger partial charge in [-0.25, -0.2) is 4.98 Å². The van der Waals surface area contributed by atoms with Crippen molar-refractivity contribution >= 4 is 55.0 Å². The number of thiazole rings is 1. The SMILES string of the molecule is Cc1c(Cl)ccc2sc(N3CCN(CCNC(=O)c4cccc5ccccc45)CC3)nc12. The van der Waals surface area contributed by atoms with Gasteiger partial charge in [0.15, 0.2) is 5.13 Å². The predicted molar refractivity (Wildman–Crippen MR) is 134 cm³/mol. The van der Waals surface area contributed by atoms with Crippen molar-refractivity contribution in [1.82, 2.24) is 15.2 Å². The van der Waals surface area contributed by atoms with Crippen molar-refractivity contribution in [3.8, 4) is 0 Å². The molecule has 5 rings (SSSR count). The predicted octanol–water partition coefficient (Wildman–Crippen LogP) is 4.96. The van der Waals surface area contributed by atoms with Crippen molar-refractivity contribution in [2.24, 2.45) is 0 Å². The van der Waals surface area contributed by atoms with E-state index in [1.165, 1.54) is 4.70 Å². The second kappa shape index (κ2) is 9.06. The number of halogens is 1. The summed E-state index contributed by atoms with van der Waals surface area (Å²) >= 11 is 7.98. The first kappa shape index (κ1) is 21.2. The quantitative estimate of drug-likeness (QED) is 0.453. The van der Waals surface area contributed by atoms with Crippen molar-refractivity contribution in [3.05, 3.63) is 70.7 Å². The van der Waals surface area contributed by atoms with Crippen LogP contribution in [0.5, 0.6) is 0 Å². The van der Waals surface area contributed by atoms with Crippen LogP contribution in [-0.4, -0.2) is 55.1 Å². The monoisotopic (exact) mass is 464 g/mol. The van der Waals surface area contributed by atoms with E-state index in [2.05, 4.69) is 21.2 Å². The van der Waals surface area contributed by atoms with Crippen LogP contribution >= 0.6 is 22.9 Å². The van der Waals surface area contributed by atoms with E-state index < -0.39 is 0 Å². The van der Waals surface area contributed by atoms with E-state index in [1.807, 2.05) is 55.5 Å². The number of anilines is 1. The molecule has 1 fully saturated rings. The average molecular weight is 465 g/mol. The first-order valence-corrected chi connectivity index (χ1v) is 12.1. The molecule has 4 aromatic rings. The Morgan fingerprint density at radius 1 is 1.06 bits per heavy atom. The minimum atomic E-state index is -0.0102. The lowest BCUT2D eigenvalue weighted by atomic mass is 10.0. The summed E-state index contributed by atoms with van der Waals surface area (Å²) in [4.78, 5) is 22.3. The Bertz CT molecular complexity index is 1270. The number of nitrogens with zero attached hydrogens (tertiary/aromatic N) is 3. The number of rotatable bonds is 5. The number of hydrogen-bond acceptors (Lipinski definition) is 5. The molecule has 1 aliphatic heterocycles. The zero-order valence-electron chi connectivity index (χ0n) is 18.0. The Morgan fingerprint density at radius 2 is 1.84 bits per heavy atom. The molecule has 0 aliphatic carbocycles. The van der Waals surface area contributed by atoms with E-state index in [9.17, 15) is 4.79 Å². The number of nitrogens with one attached hydrogen (secondary N) is 1. The lowest BCUT2D eigenvalue weighted by Crippen LogP contribution is -2.48. The fourth-order valence-electron chi connectivity index (χ4n) is 4.23. The maximum absolute atomic E-state index is 12.7. The molecule has 164 valence electrons. The molecule has 0 saturated carbocycles. The van der Waals surface area contributed by atoms with Gasteiger partial charge >= 0.3 is 0 Å². The molecule has 32 heavy (non-hydrogen) atoms. The van der Waals surface area contributed by atoms with Gasteiger partial charge in [-0.1, -0.05) is 59.3 Å². The van der Waals surface area contributed by atoms with E-state index in [1.54, 1.807) is 11.3 Å². The molecule has 5 nitrogen and oxygen atoms in total. The Hall–Kier alpha value is -2.67. The molecule has 0 radical (unpaired) electrons. The van der Waals surface area contributed by atoms with Crippen LogP contribution in [0, 0.1) is 6.92 Å². The maximum atomic E-state index is 12.7. The van der Waals surface area contributed by atoms with Crippen LogP contribution in [0.3, 0.4) is 0 Å². The molecule has 7 heteroatoms. The Labute approximate surface area is 196 Å². The van der Waals surface area contributed by atoms with E-state index in [0.29, 0.717) is 6.54 Å². The average Bonchev–Trinajstić information content (AvgIpc) is 3.27. The molecule has 1 aromatic heterocycles. The standard InChI is InChI=1S/C25H25ClN4OS/c1-17-21(26)9-10-22-23(17)28-25(32-22)30-15-13-29(14-16-30)12-11-27-24(31)20-8-4-6-18-5-2-3-7-19(18)20/h2-10H,11-16H2,1H3,(H,27,31). The molecule has 3 aromatic carbocycles. The third-order valence-corrected chi connectivity index (χ3v) is 7.62. The normalized spacial score (nSPS) is 14.9. The number of amides is 1. The molecule has 1 amide bonds. The molecule has 2 heterocycles. The third-order valence-electron chi connectivity index (χ3n) is 6.13. The second-order valence-corrected chi connectivity index (χ2v) is 9.54. The summed E-state index contributed by atoms with van der Waals surface area (Å²) < 4.78 is 1.18. The number of benzene rings is 3. The van der Waals surface area contributed by atoms with Crippen LogP contribution in [0.25, 0.3) is 21.0 Å². The van der Waals surface area contributed by atoms with Crippen LogP contribution in [0.1, 0.15) is 15.9 Å². The van der Waals surface area contributed by atoms with E-state index in [4.69, 9.17) is 16.6 Å². The molecular formula is C25H25ClN4OS. The molecular weight excluding hydrogens is 440 g/mol. The van der Waals surface area contributed by atoms with Crippen LogP contribution < -0.4 is 10.2 Å². The molecule has 0 unspecified atom stereocenters. The molecule has 0 atom stereocenters. The molecule has 1 N–H and O–H groups in total. The van der Waals surface area contributed by atoms with Gasteiger partial charge in [-0.15, -0.1) is 0 Å². The third kappa shape index (κ3) is 4.18. The number of carbonyl (C=O) groups excluding carboxylic acids is 1. The first-order chi connectivity index (χ1) is 15.6. The molecule has 1 aliphatic rings. The fourth-order valence-corrected chi connectivity index (χ4v) is 5.46. The zero-order chi connectivity index (χ0) is 22.1. The van der Waals surface area contributed by atoms with Crippen molar-refractivity contribution in [3.63, 3.8) is 0 Å². The van der Waals surface area contributed by atoms with Gasteiger partial charge in [-0.3, -0.25) is 9.69 Å². The highest BCUT2D eigenvalue weighted by Crippen LogP contribution is 2.33. The number of carbonyl (C=O) groups is 1. The lowest BCUT2D eigenvalue weighted by Gasteiger charge is -2.34. The van der Waals surface area contributed by atoms with Crippen molar-refractivity contribution in [2.75, 3.05) is 44.2 Å². The molecule has 0 spiro atoms. The summed E-state index contributed by atoms with van der Waals surface area (Å²) in [5.41, 5.74) is 2.79. The maximum Gasteiger partial charge on any atom is 0.251 e. The minimum Gasteiger partial charge on any atom is -0.351 e. The zero-order valence-corrected chi connectivity index (χ0v) is 19.5. The highest BCUT2D eigenvalue weighted by atomic mass is 35.5. The van der Waals surface area contributed by atoms with Crippen molar-refractivity contribution < 1.29 is 4.79 Å². The number of fused-ring (bicyclic) bond motifs is 2. The van der Waals surface area contributed by atoms with Gasteiger partial charge < -0.3 is 10.2 Å². The molecule has 1 saturated heterocycles. The van der Waals surface area contributed by atoms with Crippen molar-refractivity contribution in [2.45, 2.75) is 6.92 Å². The Kier molecular flexibility index (Phi) is 6.00. The van der Waals surface area contributed by atoms with Crippen LogP contribution in [0.2, 0.25) is 5.02 Å². The van der Waals surface area contributed by atoms with E-state index in [0.717, 1.165) is 70.3 Å². The summed E-state index contributed by atoms with van der Waals surface area (Å²) in [6, 6.07) is 17.9. The second-order valence-electron chi connectivity index (χ2n) is 8.13. The van der Waals surface area contributed by atoms with Crippen molar-refractivity contribution in [1.29, 1.82) is 0 Å². The lowest BCUT2D eigenvalue weighted by molar-refractivity contribution is 0.0949. The first-order valence-electron chi connectivity index (χ1n) is 10.9. The summed E-state index contributed by atoms with van der Waals surface area (Å²) in [6.45, 7) is 7.30. The number of piperazine rings is 1. The minimum absolute atomic E-state index is 0.0102. The number of hydrogen-bond donors (Lipinski definition) is 1. The van der Waals surface area contributed by atoms with Crippen LogP contribution in [0.15, 0.2) is 54.6 Å². The smallest absolute Gasteiger partial charge is 0.251 e. The van der Waals surface area contributed by atoms with Gasteiger partial charge in [0.25, 0.3) is 5.91 Å². The van der Waals surface area contributed by atoms with Gasteiger partial charge in [0.05, 0.1) is 10.2 Å². The summed E-state index contributed by atoms with van der Waals surface area (Å²) in [6.07, 6.45) is 0. The van der Waals surface area contributed by atoms with Crippen LogP contribution in [0.4, 0.5) is 5.13 Å². The Balaban J connectivity index is 1.15. The summed E-state index contributed by atoms with van der Waals surface area (Å²) in [5, 5.41) is 7.01. The summed E-state index contributed by atoms with van der Waals surface area (Å²) in [5.74, 6) is -0.0102. The largest absolute Gasteiger partial charge is 0.351 e. The van der Waals surface area contributed by atoms with Gasteiger partial charge in [-0.05, 0) is 41.5 Å². The van der Waals surface area contributed by atoms with E-state index >= 15 is 0 Å². The van der Waals surface area contributed by atoms with Gasteiger partial charge in [-0.2, -0.15) is 0 Å².